The molecule has 3 aromatic rings. The molecule has 3 aromatic carbocycles. The molecule has 4 rings (SSSR count). The predicted octanol–water partition coefficient (Wildman–Crippen LogP) is 10.7. The average molecular weight is 771 g/mol. The van der Waals surface area contributed by atoms with E-state index in [4.69, 9.17) is 14.2 Å². The lowest BCUT2D eigenvalue weighted by atomic mass is 9.96. The normalized spacial score (nSPS) is 15.9. The summed E-state index contributed by atoms with van der Waals surface area (Å²) in [6.07, 6.45) is 19.1. The Labute approximate surface area is 337 Å². The third-order valence-corrected chi connectivity index (χ3v) is 11.1. The molecule has 1 fully saturated rings. The van der Waals surface area contributed by atoms with Crippen molar-refractivity contribution in [1.29, 1.82) is 0 Å². The standard InChI is InChI=1S/C48H70N2O6/c1-4-5-6-7-8-9-10-11-12-13-14-15-20-25-45(52)49-35-22-17-21-26-46(53)50-37-41(51)36-44(50)48(38-23-18-16-19-24-38)56-47(39-27-31-42(54-2)32-28-39)40-29-33-43(55-3)34-30-40/h16,18-19,23-24,27-34,41,44,47-48,51H,4-15,17,20-22,25-26,35-37H2,1-3H3,(H,49,52). The molecule has 1 aliphatic rings. The Balaban J connectivity index is 1.22. The molecule has 1 aliphatic heterocycles. The molecule has 0 saturated carbocycles. The van der Waals surface area contributed by atoms with Crippen molar-refractivity contribution in [3.63, 3.8) is 0 Å². The molecule has 2 amide bonds. The zero-order chi connectivity index (χ0) is 39.8. The van der Waals surface area contributed by atoms with Crippen LogP contribution in [0.2, 0.25) is 0 Å². The zero-order valence-corrected chi connectivity index (χ0v) is 34.6. The van der Waals surface area contributed by atoms with Crippen LogP contribution < -0.4 is 14.8 Å². The number of unbranched alkanes of at least 4 members (excludes halogenated alkanes) is 14. The van der Waals surface area contributed by atoms with E-state index in [1.54, 1.807) is 14.2 Å². The first kappa shape index (κ1) is 44.8. The number of ether oxygens (including phenoxy) is 3. The molecule has 1 heterocycles. The molecule has 0 spiro atoms. The van der Waals surface area contributed by atoms with Gasteiger partial charge in [-0.25, -0.2) is 0 Å². The van der Waals surface area contributed by atoms with E-state index in [-0.39, 0.29) is 24.4 Å². The lowest BCUT2D eigenvalue weighted by molar-refractivity contribution is -0.136. The van der Waals surface area contributed by atoms with Gasteiger partial charge >= 0.3 is 0 Å². The van der Waals surface area contributed by atoms with E-state index < -0.39 is 18.3 Å². The van der Waals surface area contributed by atoms with Crippen molar-refractivity contribution in [2.45, 2.75) is 153 Å². The van der Waals surface area contributed by atoms with Crippen LogP contribution in [0, 0.1) is 0 Å². The highest BCUT2D eigenvalue weighted by Crippen LogP contribution is 2.40. The van der Waals surface area contributed by atoms with Gasteiger partial charge in [-0.15, -0.1) is 0 Å². The number of hydrogen-bond acceptors (Lipinski definition) is 6. The second kappa shape index (κ2) is 26.1. The molecular weight excluding hydrogens is 701 g/mol. The van der Waals surface area contributed by atoms with E-state index >= 15 is 0 Å². The van der Waals surface area contributed by atoms with Gasteiger partial charge in [0.05, 0.1) is 26.4 Å². The Kier molecular flexibility index (Phi) is 20.9. The van der Waals surface area contributed by atoms with Crippen LogP contribution in [0.15, 0.2) is 78.9 Å². The van der Waals surface area contributed by atoms with Crippen LogP contribution in [0.5, 0.6) is 11.5 Å². The Morgan fingerprint density at radius 3 is 1.70 bits per heavy atom. The Hall–Kier alpha value is -3.88. The maximum atomic E-state index is 13.8. The van der Waals surface area contributed by atoms with Crippen molar-refractivity contribution in [3.8, 4) is 11.5 Å². The van der Waals surface area contributed by atoms with Gasteiger partial charge in [-0.3, -0.25) is 9.59 Å². The largest absolute Gasteiger partial charge is 0.497 e. The van der Waals surface area contributed by atoms with Gasteiger partial charge in [0.15, 0.2) is 0 Å². The number of benzene rings is 3. The number of β-amino-alcohol motifs (C(OH)–C–C–N with tert-alkyl or cyclic N) is 1. The van der Waals surface area contributed by atoms with Crippen molar-refractivity contribution >= 4 is 11.8 Å². The highest BCUT2D eigenvalue weighted by atomic mass is 16.5. The molecular formula is C48H70N2O6. The first-order valence-corrected chi connectivity index (χ1v) is 21.7. The molecule has 56 heavy (non-hydrogen) atoms. The van der Waals surface area contributed by atoms with Gasteiger partial charge in [-0.2, -0.15) is 0 Å². The number of nitrogens with one attached hydrogen (secondary N) is 1. The van der Waals surface area contributed by atoms with Crippen molar-refractivity contribution in [1.82, 2.24) is 10.2 Å². The Morgan fingerprint density at radius 1 is 0.661 bits per heavy atom. The Bertz CT molecular complexity index is 1450. The number of methoxy groups -OCH3 is 2. The van der Waals surface area contributed by atoms with Gasteiger partial charge in [0, 0.05) is 25.9 Å². The van der Waals surface area contributed by atoms with Crippen molar-refractivity contribution in [2.75, 3.05) is 27.3 Å². The van der Waals surface area contributed by atoms with Crippen LogP contribution in [0.3, 0.4) is 0 Å². The molecule has 1 saturated heterocycles. The molecule has 3 atom stereocenters. The number of likely N-dealkylation sites (tertiary alicyclic amines) is 1. The summed E-state index contributed by atoms with van der Waals surface area (Å²) in [4.78, 5) is 28.0. The van der Waals surface area contributed by atoms with Crippen LogP contribution in [0.1, 0.15) is 158 Å². The summed E-state index contributed by atoms with van der Waals surface area (Å²) in [5, 5.41) is 14.0. The van der Waals surface area contributed by atoms with Crippen LogP contribution >= 0.6 is 0 Å². The predicted molar refractivity (Wildman–Crippen MR) is 226 cm³/mol. The Morgan fingerprint density at radius 2 is 1.16 bits per heavy atom. The summed E-state index contributed by atoms with van der Waals surface area (Å²) >= 11 is 0. The number of aliphatic hydroxyl groups excluding tert-OH is 1. The summed E-state index contributed by atoms with van der Waals surface area (Å²) in [6.45, 7) is 3.18. The molecule has 0 aromatic heterocycles. The highest BCUT2D eigenvalue weighted by molar-refractivity contribution is 5.77. The summed E-state index contributed by atoms with van der Waals surface area (Å²) in [6, 6.07) is 25.4. The third kappa shape index (κ3) is 15.6. The van der Waals surface area contributed by atoms with Crippen molar-refractivity contribution in [2.24, 2.45) is 0 Å². The van der Waals surface area contributed by atoms with E-state index in [1.165, 1.54) is 70.6 Å². The summed E-state index contributed by atoms with van der Waals surface area (Å²) in [7, 11) is 3.30. The zero-order valence-electron chi connectivity index (χ0n) is 34.6. The smallest absolute Gasteiger partial charge is 0.223 e. The van der Waals surface area contributed by atoms with Gasteiger partial charge < -0.3 is 29.5 Å². The van der Waals surface area contributed by atoms with Crippen LogP contribution in [-0.4, -0.2) is 61.3 Å². The lowest BCUT2D eigenvalue weighted by Crippen LogP contribution is -2.40. The van der Waals surface area contributed by atoms with Gasteiger partial charge in [0.1, 0.15) is 23.7 Å². The topological polar surface area (TPSA) is 97.3 Å². The van der Waals surface area contributed by atoms with Gasteiger partial charge in [-0.05, 0) is 66.6 Å². The first-order chi connectivity index (χ1) is 27.4. The summed E-state index contributed by atoms with van der Waals surface area (Å²) in [5.74, 6) is 1.66. The molecule has 0 radical (unpaired) electrons. The molecule has 308 valence electrons. The van der Waals surface area contributed by atoms with Crippen LogP contribution in [0.25, 0.3) is 0 Å². The number of hydrogen-bond donors (Lipinski definition) is 2. The molecule has 8 heteroatoms. The molecule has 2 N–H and O–H groups in total. The van der Waals surface area contributed by atoms with E-state index in [2.05, 4.69) is 12.2 Å². The second-order valence-electron chi connectivity index (χ2n) is 15.5. The fraction of sp³-hybridized carbons (Fsp3) is 0.583. The van der Waals surface area contributed by atoms with E-state index in [1.807, 2.05) is 83.8 Å². The monoisotopic (exact) mass is 771 g/mol. The first-order valence-electron chi connectivity index (χ1n) is 21.7. The minimum Gasteiger partial charge on any atom is -0.497 e. The fourth-order valence-corrected chi connectivity index (χ4v) is 7.85. The van der Waals surface area contributed by atoms with Gasteiger partial charge in [-0.1, -0.05) is 145 Å². The minimum absolute atomic E-state index is 0.0213. The van der Waals surface area contributed by atoms with Crippen LogP contribution in [0.4, 0.5) is 0 Å². The highest BCUT2D eigenvalue weighted by Gasteiger charge is 2.41. The van der Waals surface area contributed by atoms with Crippen molar-refractivity contribution < 1.29 is 28.9 Å². The number of aliphatic hydroxyl groups is 1. The number of carbonyl (C=O) groups is 2. The van der Waals surface area contributed by atoms with Gasteiger partial charge in [0.25, 0.3) is 0 Å². The minimum atomic E-state index is -0.635. The number of amides is 2. The number of nitrogens with zero attached hydrogens (tertiary/aromatic N) is 1. The average Bonchev–Trinajstić information content (AvgIpc) is 3.62. The number of rotatable bonds is 28. The van der Waals surface area contributed by atoms with Gasteiger partial charge in [0.2, 0.25) is 11.8 Å². The summed E-state index contributed by atoms with van der Waals surface area (Å²) in [5.41, 5.74) is 2.85. The lowest BCUT2D eigenvalue weighted by Gasteiger charge is -2.35. The molecule has 8 nitrogen and oxygen atoms in total. The SMILES string of the molecule is CCCCCCCCCCCCCCCC(=O)NCCCCCC(=O)N1CC(O)CC1C(OC(c1ccc(OC)cc1)c1ccc(OC)cc1)c1ccccc1. The molecule has 0 bridgehead atoms. The van der Waals surface area contributed by atoms with E-state index in [0.29, 0.717) is 25.8 Å². The quantitative estimate of drug-likeness (QED) is 0.0714. The maximum absolute atomic E-state index is 13.8. The molecule has 3 unspecified atom stereocenters. The van der Waals surface area contributed by atoms with E-state index in [0.717, 1.165) is 60.3 Å². The third-order valence-electron chi connectivity index (χ3n) is 11.1. The number of carbonyl (C=O) groups excluding carboxylic acids is 2. The van der Waals surface area contributed by atoms with Crippen LogP contribution in [-0.2, 0) is 14.3 Å². The maximum Gasteiger partial charge on any atom is 0.223 e. The fourth-order valence-electron chi connectivity index (χ4n) is 7.85. The van der Waals surface area contributed by atoms with Crippen molar-refractivity contribution in [3.05, 3.63) is 95.6 Å². The molecule has 0 aliphatic carbocycles. The van der Waals surface area contributed by atoms with E-state index in [9.17, 15) is 14.7 Å². The summed E-state index contributed by atoms with van der Waals surface area (Å²) < 4.78 is 18.0. The second-order valence-corrected chi connectivity index (χ2v) is 15.5.